The van der Waals surface area contributed by atoms with Crippen LogP contribution in [0, 0.1) is 11.8 Å². The van der Waals surface area contributed by atoms with Crippen molar-refractivity contribution in [2.45, 2.75) is 63.0 Å². The highest BCUT2D eigenvalue weighted by Gasteiger charge is 2.50. The maximum absolute atomic E-state index is 12.8. The Bertz CT molecular complexity index is 436. The average molecular weight is 347 g/mol. The van der Waals surface area contributed by atoms with Gasteiger partial charge in [0, 0.05) is 12.5 Å². The third kappa shape index (κ3) is 4.10. The van der Waals surface area contributed by atoms with E-state index in [1.807, 2.05) is 0 Å². The van der Waals surface area contributed by atoms with Crippen molar-refractivity contribution in [3.8, 4) is 0 Å². The first kappa shape index (κ1) is 18.4. The highest BCUT2D eigenvalue weighted by atomic mass is 19.4. The number of nitrogens with zero attached hydrogens (tertiary/aromatic N) is 1. The molecule has 1 N–H and O–H groups in total. The smallest absolute Gasteiger partial charge is 0.382 e. The first-order chi connectivity index (χ1) is 10.5. The Morgan fingerprint density at radius 3 is 2.26 bits per heavy atom. The van der Waals surface area contributed by atoms with Gasteiger partial charge in [-0.05, 0) is 32.1 Å². The summed E-state index contributed by atoms with van der Waals surface area (Å²) in [6.45, 7) is 0.0455. The molecule has 9 heteroatoms. The molecule has 2 rings (SSSR count). The molecule has 0 aromatic heterocycles. The Morgan fingerprint density at radius 1 is 1.04 bits per heavy atom. The summed E-state index contributed by atoms with van der Waals surface area (Å²) in [6.07, 6.45) is -11.6. The zero-order valence-electron chi connectivity index (χ0n) is 12.3. The normalized spacial score (nSPS) is 31.3. The molecule has 0 spiro atoms. The summed E-state index contributed by atoms with van der Waals surface area (Å²) in [5.41, 5.74) is 0. The van der Waals surface area contributed by atoms with Crippen LogP contribution in [0.3, 0.4) is 0 Å². The van der Waals surface area contributed by atoms with E-state index in [1.165, 1.54) is 0 Å². The molecular weight excluding hydrogens is 328 g/mol. The number of hydrogen-bond acceptors (Lipinski definition) is 2. The van der Waals surface area contributed by atoms with Crippen molar-refractivity contribution in [1.82, 2.24) is 4.90 Å². The first-order valence-electron chi connectivity index (χ1n) is 7.63. The maximum Gasteiger partial charge on any atom is 0.416 e. The second-order valence-electron chi connectivity index (χ2n) is 6.33. The van der Waals surface area contributed by atoms with Crippen LogP contribution in [0.25, 0.3) is 0 Å². The molecule has 0 aromatic carbocycles. The van der Waals surface area contributed by atoms with Crippen molar-refractivity contribution in [1.29, 1.82) is 0 Å². The predicted molar refractivity (Wildman–Crippen MR) is 68.3 cm³/mol. The molecule has 1 aliphatic heterocycles. The van der Waals surface area contributed by atoms with Crippen LogP contribution >= 0.6 is 0 Å². The fourth-order valence-corrected chi connectivity index (χ4v) is 3.56. The minimum absolute atomic E-state index is 0.00182. The summed E-state index contributed by atoms with van der Waals surface area (Å²) in [4.78, 5) is 13.3. The van der Waals surface area contributed by atoms with Gasteiger partial charge in [-0.25, -0.2) is 0 Å². The lowest BCUT2D eigenvalue weighted by atomic mass is 9.80. The van der Waals surface area contributed by atoms with Crippen LogP contribution in [-0.4, -0.2) is 47.0 Å². The molecule has 1 heterocycles. The molecule has 0 bridgehead atoms. The number of aliphatic hydroxyl groups is 1. The molecular formula is C14H19F6NO2. The van der Waals surface area contributed by atoms with E-state index in [0.717, 1.165) is 4.90 Å². The molecule has 1 saturated carbocycles. The van der Waals surface area contributed by atoms with Crippen LogP contribution in [0.4, 0.5) is 26.3 Å². The number of rotatable bonds is 2. The monoisotopic (exact) mass is 347 g/mol. The molecule has 1 saturated heterocycles. The Hall–Kier alpha value is -0.990. The number of carbonyl (C=O) groups excluding carboxylic acids is 1. The molecule has 4 atom stereocenters. The van der Waals surface area contributed by atoms with Gasteiger partial charge >= 0.3 is 12.4 Å². The standard InChI is InChI=1S/C14H19F6NO2/c15-13(16,17)9-4-1-3-8(7-9)12(23)21-6-2-5-10(21)11(22)14(18,19)20/h8-11,22H,1-7H2/t8-,9+,10+,11-/m1/s1. The van der Waals surface area contributed by atoms with Crippen molar-refractivity contribution < 1.29 is 36.2 Å². The zero-order valence-corrected chi connectivity index (χ0v) is 12.3. The molecule has 0 unspecified atom stereocenters. The van der Waals surface area contributed by atoms with E-state index in [4.69, 9.17) is 0 Å². The molecule has 134 valence electrons. The summed E-state index contributed by atoms with van der Waals surface area (Å²) in [6, 6.07) is -1.39. The third-order valence-electron chi connectivity index (χ3n) is 4.77. The van der Waals surface area contributed by atoms with Gasteiger partial charge < -0.3 is 10.0 Å². The highest BCUT2D eigenvalue weighted by molar-refractivity contribution is 5.79. The van der Waals surface area contributed by atoms with E-state index in [9.17, 15) is 36.2 Å². The number of likely N-dealkylation sites (tertiary alicyclic amines) is 1. The summed E-state index contributed by atoms with van der Waals surface area (Å²) < 4.78 is 76.4. The lowest BCUT2D eigenvalue weighted by Gasteiger charge is -2.35. The fraction of sp³-hybridized carbons (Fsp3) is 0.929. The Morgan fingerprint density at radius 2 is 1.70 bits per heavy atom. The third-order valence-corrected chi connectivity index (χ3v) is 4.77. The maximum atomic E-state index is 12.8. The van der Waals surface area contributed by atoms with Crippen LogP contribution in [0.2, 0.25) is 0 Å². The number of halogens is 6. The highest BCUT2D eigenvalue weighted by Crippen LogP contribution is 2.41. The SMILES string of the molecule is O=C([C@@H]1CCC[C@H](C(F)(F)F)C1)N1CCC[C@H]1[C@@H](O)C(F)(F)F. The molecule has 2 aliphatic rings. The topological polar surface area (TPSA) is 40.5 Å². The van der Waals surface area contributed by atoms with Crippen LogP contribution < -0.4 is 0 Å². The largest absolute Gasteiger partial charge is 0.416 e. The van der Waals surface area contributed by atoms with Gasteiger partial charge in [-0.2, -0.15) is 26.3 Å². The Kier molecular flexibility index (Phi) is 5.18. The summed E-state index contributed by atoms with van der Waals surface area (Å²) in [7, 11) is 0. The molecule has 2 fully saturated rings. The van der Waals surface area contributed by atoms with Gasteiger partial charge in [-0.15, -0.1) is 0 Å². The van der Waals surface area contributed by atoms with Gasteiger partial charge in [-0.1, -0.05) is 6.42 Å². The van der Waals surface area contributed by atoms with Crippen molar-refractivity contribution >= 4 is 5.91 Å². The van der Waals surface area contributed by atoms with Gasteiger partial charge in [-0.3, -0.25) is 4.79 Å². The van der Waals surface area contributed by atoms with Crippen LogP contribution in [0.1, 0.15) is 38.5 Å². The van der Waals surface area contributed by atoms with E-state index in [0.29, 0.717) is 6.42 Å². The number of hydrogen-bond donors (Lipinski definition) is 1. The van der Waals surface area contributed by atoms with E-state index in [1.54, 1.807) is 0 Å². The zero-order chi connectivity index (χ0) is 17.4. The number of carbonyl (C=O) groups is 1. The Balaban J connectivity index is 2.07. The predicted octanol–water partition coefficient (Wildman–Crippen LogP) is 3.27. The van der Waals surface area contributed by atoms with Crippen molar-refractivity contribution in [2.75, 3.05) is 6.54 Å². The van der Waals surface area contributed by atoms with Gasteiger partial charge in [0.25, 0.3) is 0 Å². The summed E-state index contributed by atoms with van der Waals surface area (Å²) >= 11 is 0. The minimum atomic E-state index is -4.85. The number of alkyl halides is 6. The van der Waals surface area contributed by atoms with E-state index in [2.05, 4.69) is 0 Å². The molecule has 1 aliphatic carbocycles. The molecule has 1 amide bonds. The van der Waals surface area contributed by atoms with Gasteiger partial charge in [0.1, 0.15) is 0 Å². The molecule has 0 radical (unpaired) electrons. The number of amides is 1. The summed E-state index contributed by atoms with van der Waals surface area (Å²) in [5, 5.41) is 9.39. The van der Waals surface area contributed by atoms with E-state index >= 15 is 0 Å². The van der Waals surface area contributed by atoms with E-state index in [-0.39, 0.29) is 38.6 Å². The Labute approximate surface area is 129 Å². The molecule has 0 aromatic rings. The van der Waals surface area contributed by atoms with Crippen LogP contribution in [-0.2, 0) is 4.79 Å². The van der Waals surface area contributed by atoms with Crippen molar-refractivity contribution in [2.24, 2.45) is 11.8 Å². The first-order valence-corrected chi connectivity index (χ1v) is 7.63. The second-order valence-corrected chi connectivity index (χ2v) is 6.33. The lowest BCUT2D eigenvalue weighted by Crippen LogP contribution is -2.51. The fourth-order valence-electron chi connectivity index (χ4n) is 3.56. The summed E-state index contributed by atoms with van der Waals surface area (Å²) in [5.74, 6) is -3.19. The van der Waals surface area contributed by atoms with Crippen LogP contribution in [0.15, 0.2) is 0 Å². The molecule has 3 nitrogen and oxygen atoms in total. The van der Waals surface area contributed by atoms with E-state index < -0.39 is 42.2 Å². The quantitative estimate of drug-likeness (QED) is 0.779. The number of aliphatic hydroxyl groups excluding tert-OH is 1. The van der Waals surface area contributed by atoms with Crippen molar-refractivity contribution in [3.63, 3.8) is 0 Å². The van der Waals surface area contributed by atoms with Crippen LogP contribution in [0.5, 0.6) is 0 Å². The second kappa shape index (κ2) is 6.49. The minimum Gasteiger partial charge on any atom is -0.382 e. The average Bonchev–Trinajstić information content (AvgIpc) is 2.93. The van der Waals surface area contributed by atoms with Gasteiger partial charge in [0.05, 0.1) is 12.0 Å². The van der Waals surface area contributed by atoms with Gasteiger partial charge in [0.15, 0.2) is 6.10 Å². The van der Waals surface area contributed by atoms with Crippen molar-refractivity contribution in [3.05, 3.63) is 0 Å². The van der Waals surface area contributed by atoms with Gasteiger partial charge in [0.2, 0.25) is 5.91 Å². The molecule has 23 heavy (non-hydrogen) atoms. The lowest BCUT2D eigenvalue weighted by molar-refractivity contribution is -0.219.